The van der Waals surface area contributed by atoms with Crippen molar-refractivity contribution in [3.8, 4) is 0 Å². The van der Waals surface area contributed by atoms with Gasteiger partial charge >= 0.3 is 17.9 Å². The second kappa shape index (κ2) is 17.5. The molecule has 2 atom stereocenters. The Labute approximate surface area is 170 Å². The number of carbonyl (C=O) groups is 3. The van der Waals surface area contributed by atoms with Crippen LogP contribution in [-0.4, -0.2) is 37.7 Å². The second-order valence-corrected chi connectivity index (χ2v) is 7.28. The molecular formula is C22H40O6. The van der Waals surface area contributed by atoms with Crippen molar-refractivity contribution in [2.24, 2.45) is 11.8 Å². The Morgan fingerprint density at radius 3 is 1.54 bits per heavy atom. The van der Waals surface area contributed by atoms with Gasteiger partial charge in [0.2, 0.25) is 0 Å². The van der Waals surface area contributed by atoms with Crippen LogP contribution >= 0.6 is 0 Å². The molecule has 0 aromatic rings. The Hall–Kier alpha value is -1.59. The van der Waals surface area contributed by atoms with Crippen molar-refractivity contribution in [1.29, 1.82) is 0 Å². The molecule has 6 heteroatoms. The van der Waals surface area contributed by atoms with Gasteiger partial charge in [0.05, 0.1) is 38.1 Å². The third kappa shape index (κ3) is 12.7. The van der Waals surface area contributed by atoms with Crippen LogP contribution in [0.2, 0.25) is 0 Å². The molecule has 0 aliphatic heterocycles. The summed E-state index contributed by atoms with van der Waals surface area (Å²) in [5.74, 6) is -3.09. The number of hydrogen-bond donors (Lipinski definition) is 0. The summed E-state index contributed by atoms with van der Waals surface area (Å²) >= 11 is 0. The van der Waals surface area contributed by atoms with E-state index < -0.39 is 29.7 Å². The molecule has 6 nitrogen and oxygen atoms in total. The molecule has 2 unspecified atom stereocenters. The topological polar surface area (TPSA) is 78.9 Å². The Kier molecular flexibility index (Phi) is 16.5. The molecule has 0 rings (SSSR count). The lowest BCUT2D eigenvalue weighted by molar-refractivity contribution is -0.164. The van der Waals surface area contributed by atoms with E-state index in [1.54, 1.807) is 6.92 Å². The average Bonchev–Trinajstić information content (AvgIpc) is 2.69. The molecule has 0 bridgehead atoms. The van der Waals surface area contributed by atoms with Crippen LogP contribution in [0, 0.1) is 11.8 Å². The lowest BCUT2D eigenvalue weighted by Crippen LogP contribution is -2.33. The zero-order valence-electron chi connectivity index (χ0n) is 18.3. The Morgan fingerprint density at radius 2 is 1.07 bits per heavy atom. The number of esters is 3. The fraction of sp³-hybridized carbons (Fsp3) is 0.864. The van der Waals surface area contributed by atoms with Crippen LogP contribution < -0.4 is 0 Å². The van der Waals surface area contributed by atoms with Crippen molar-refractivity contribution in [3.63, 3.8) is 0 Å². The lowest BCUT2D eigenvalue weighted by atomic mass is 9.91. The summed E-state index contributed by atoms with van der Waals surface area (Å²) in [7, 11) is 0. The number of ether oxygens (including phenoxy) is 3. The maximum absolute atomic E-state index is 12.5. The molecular weight excluding hydrogens is 360 g/mol. The first-order chi connectivity index (χ1) is 13.5. The van der Waals surface area contributed by atoms with Crippen LogP contribution in [0.15, 0.2) is 0 Å². The van der Waals surface area contributed by atoms with Gasteiger partial charge in [-0.15, -0.1) is 0 Å². The zero-order valence-corrected chi connectivity index (χ0v) is 18.3. The predicted octanol–water partition coefficient (Wildman–Crippen LogP) is 4.83. The first-order valence-electron chi connectivity index (χ1n) is 11.0. The minimum atomic E-state index is -0.876. The lowest BCUT2D eigenvalue weighted by Gasteiger charge is -2.21. The maximum atomic E-state index is 12.5. The number of unbranched alkanes of at least 4 members (excludes halogenated alkanes) is 6. The quantitative estimate of drug-likeness (QED) is 0.198. The highest BCUT2D eigenvalue weighted by Gasteiger charge is 2.35. The van der Waals surface area contributed by atoms with Gasteiger partial charge in [-0.25, -0.2) is 0 Å². The van der Waals surface area contributed by atoms with Gasteiger partial charge in [-0.1, -0.05) is 66.2 Å². The van der Waals surface area contributed by atoms with Crippen molar-refractivity contribution >= 4 is 17.9 Å². The standard InChI is InChI=1S/C22H40O6/c1-5-8-11-14-26-20(23)17-19(22(25)28-16-13-10-7-3)18(4)21(24)27-15-12-9-6-2/h18-19H,5-17H2,1-4H3. The predicted molar refractivity (Wildman–Crippen MR) is 109 cm³/mol. The fourth-order valence-corrected chi connectivity index (χ4v) is 2.69. The molecule has 0 heterocycles. The Balaban J connectivity index is 4.73. The average molecular weight is 401 g/mol. The van der Waals surface area contributed by atoms with E-state index in [1.165, 1.54) is 0 Å². The smallest absolute Gasteiger partial charge is 0.310 e. The van der Waals surface area contributed by atoms with E-state index in [2.05, 4.69) is 20.8 Å². The largest absolute Gasteiger partial charge is 0.466 e. The van der Waals surface area contributed by atoms with E-state index in [-0.39, 0.29) is 6.42 Å². The number of hydrogen-bond acceptors (Lipinski definition) is 6. The molecule has 0 aromatic heterocycles. The third-order valence-corrected chi connectivity index (χ3v) is 4.66. The highest BCUT2D eigenvalue weighted by molar-refractivity contribution is 5.85. The van der Waals surface area contributed by atoms with Crippen molar-refractivity contribution in [1.82, 2.24) is 0 Å². The van der Waals surface area contributed by atoms with Crippen molar-refractivity contribution in [2.75, 3.05) is 19.8 Å². The summed E-state index contributed by atoms with van der Waals surface area (Å²) in [5.41, 5.74) is 0. The Bertz CT molecular complexity index is 435. The summed E-state index contributed by atoms with van der Waals surface area (Å²) in [6.07, 6.45) is 8.21. The fourth-order valence-electron chi connectivity index (χ4n) is 2.69. The van der Waals surface area contributed by atoms with Gasteiger partial charge in [-0.05, 0) is 19.3 Å². The summed E-state index contributed by atoms with van der Waals surface area (Å²) in [4.78, 5) is 37.0. The number of carbonyl (C=O) groups excluding carboxylic acids is 3. The van der Waals surface area contributed by atoms with E-state index in [1.807, 2.05) is 0 Å². The Morgan fingerprint density at radius 1 is 0.643 bits per heavy atom. The van der Waals surface area contributed by atoms with Gasteiger partial charge in [0, 0.05) is 0 Å². The summed E-state index contributed by atoms with van der Waals surface area (Å²) in [6.45, 7) is 8.78. The molecule has 28 heavy (non-hydrogen) atoms. The summed E-state index contributed by atoms with van der Waals surface area (Å²) in [5, 5.41) is 0. The van der Waals surface area contributed by atoms with Crippen LogP contribution in [0.4, 0.5) is 0 Å². The molecule has 0 N–H and O–H groups in total. The van der Waals surface area contributed by atoms with Crippen molar-refractivity contribution < 1.29 is 28.6 Å². The first-order valence-corrected chi connectivity index (χ1v) is 11.0. The highest BCUT2D eigenvalue weighted by Crippen LogP contribution is 2.21. The SMILES string of the molecule is CCCCCOC(=O)CC(C(=O)OCCCCC)C(C)C(=O)OCCCCC. The van der Waals surface area contributed by atoms with Gasteiger partial charge < -0.3 is 14.2 Å². The van der Waals surface area contributed by atoms with Crippen molar-refractivity contribution in [3.05, 3.63) is 0 Å². The molecule has 0 fully saturated rings. The zero-order chi connectivity index (χ0) is 21.2. The maximum Gasteiger partial charge on any atom is 0.310 e. The van der Waals surface area contributed by atoms with Crippen LogP contribution in [0.5, 0.6) is 0 Å². The van der Waals surface area contributed by atoms with Crippen LogP contribution in [0.3, 0.4) is 0 Å². The summed E-state index contributed by atoms with van der Waals surface area (Å²) in [6, 6.07) is 0. The normalized spacial score (nSPS) is 12.9. The van der Waals surface area contributed by atoms with Gasteiger partial charge in [0.1, 0.15) is 0 Å². The first kappa shape index (κ1) is 26.4. The summed E-state index contributed by atoms with van der Waals surface area (Å²) < 4.78 is 15.8. The van der Waals surface area contributed by atoms with Crippen LogP contribution in [0.1, 0.15) is 91.9 Å². The van der Waals surface area contributed by atoms with Gasteiger partial charge in [-0.3, -0.25) is 14.4 Å². The molecule has 164 valence electrons. The van der Waals surface area contributed by atoms with E-state index in [4.69, 9.17) is 14.2 Å². The van der Waals surface area contributed by atoms with Crippen LogP contribution in [-0.2, 0) is 28.6 Å². The minimum Gasteiger partial charge on any atom is -0.466 e. The third-order valence-electron chi connectivity index (χ3n) is 4.66. The van der Waals surface area contributed by atoms with E-state index in [0.29, 0.717) is 19.8 Å². The van der Waals surface area contributed by atoms with Gasteiger partial charge in [0.25, 0.3) is 0 Å². The van der Waals surface area contributed by atoms with E-state index >= 15 is 0 Å². The molecule has 0 radical (unpaired) electrons. The molecule has 0 spiro atoms. The minimum absolute atomic E-state index is 0.163. The van der Waals surface area contributed by atoms with Gasteiger partial charge in [0.15, 0.2) is 0 Å². The van der Waals surface area contributed by atoms with Crippen molar-refractivity contribution in [2.45, 2.75) is 91.9 Å². The monoisotopic (exact) mass is 400 g/mol. The van der Waals surface area contributed by atoms with Gasteiger partial charge in [-0.2, -0.15) is 0 Å². The molecule has 0 saturated carbocycles. The molecule has 0 aliphatic rings. The van der Waals surface area contributed by atoms with E-state index in [9.17, 15) is 14.4 Å². The van der Waals surface area contributed by atoms with E-state index in [0.717, 1.165) is 57.8 Å². The molecule has 0 saturated heterocycles. The molecule has 0 aromatic carbocycles. The number of rotatable bonds is 17. The van der Waals surface area contributed by atoms with Crippen LogP contribution in [0.25, 0.3) is 0 Å². The second-order valence-electron chi connectivity index (χ2n) is 7.28. The molecule has 0 aliphatic carbocycles. The molecule has 0 amide bonds. The highest BCUT2D eigenvalue weighted by atomic mass is 16.5.